The molecule has 3 aromatic rings. The molecule has 30 heavy (non-hydrogen) atoms. The summed E-state index contributed by atoms with van der Waals surface area (Å²) in [6.07, 6.45) is 0.929. The van der Waals surface area contributed by atoms with Crippen LogP contribution in [0.4, 0.5) is 0 Å². The van der Waals surface area contributed by atoms with E-state index in [-0.39, 0.29) is 35.5 Å². The molecule has 0 aliphatic carbocycles. The second-order valence-electron chi connectivity index (χ2n) is 6.73. The van der Waals surface area contributed by atoms with Gasteiger partial charge in [-0.15, -0.1) is 0 Å². The van der Waals surface area contributed by atoms with Crippen LogP contribution in [0.3, 0.4) is 0 Å². The Morgan fingerprint density at radius 1 is 1.20 bits per heavy atom. The number of nitrogens with one attached hydrogen (secondary N) is 2. The van der Waals surface area contributed by atoms with Crippen molar-refractivity contribution in [3.63, 3.8) is 0 Å². The van der Waals surface area contributed by atoms with E-state index in [2.05, 4.69) is 9.97 Å². The number of hydrogen-bond acceptors (Lipinski definition) is 7. The summed E-state index contributed by atoms with van der Waals surface area (Å²) in [5.41, 5.74) is -0.273. The molecule has 1 aromatic carbocycles. The van der Waals surface area contributed by atoms with Crippen molar-refractivity contribution in [2.75, 3.05) is 13.7 Å². The summed E-state index contributed by atoms with van der Waals surface area (Å²) in [5.74, 6) is -1.87. The van der Waals surface area contributed by atoms with Crippen molar-refractivity contribution in [1.82, 2.24) is 9.97 Å². The summed E-state index contributed by atoms with van der Waals surface area (Å²) >= 11 is 0. The highest BCUT2D eigenvalue weighted by Crippen LogP contribution is 2.38. The highest BCUT2D eigenvalue weighted by Gasteiger charge is 2.36. The van der Waals surface area contributed by atoms with E-state index in [1.54, 1.807) is 31.2 Å². The number of carbonyl (C=O) groups is 2. The minimum absolute atomic E-state index is 0.0403. The Bertz CT molecular complexity index is 1290. The molecule has 9 nitrogen and oxygen atoms in total. The van der Waals surface area contributed by atoms with E-state index in [0.29, 0.717) is 16.7 Å². The Labute approximate surface area is 169 Å². The molecule has 4 rings (SSSR count). The number of methoxy groups -OCH3 is 1. The highest BCUT2D eigenvalue weighted by molar-refractivity contribution is 5.95. The number of fused-ring (bicyclic) bond motifs is 2. The maximum absolute atomic E-state index is 12.8. The molecule has 1 unspecified atom stereocenters. The Balaban J connectivity index is 1.92. The summed E-state index contributed by atoms with van der Waals surface area (Å²) in [7, 11) is 1.52. The molecule has 0 radical (unpaired) electrons. The van der Waals surface area contributed by atoms with E-state index in [1.165, 1.54) is 7.11 Å². The fourth-order valence-electron chi connectivity index (χ4n) is 3.59. The van der Waals surface area contributed by atoms with E-state index in [4.69, 9.17) is 14.2 Å². The van der Waals surface area contributed by atoms with Crippen LogP contribution >= 0.6 is 0 Å². The smallest absolute Gasteiger partial charge is 0.343 e. The van der Waals surface area contributed by atoms with Crippen molar-refractivity contribution in [3.8, 4) is 11.5 Å². The summed E-state index contributed by atoms with van der Waals surface area (Å²) < 4.78 is 15.4. The second kappa shape index (κ2) is 7.51. The topological polar surface area (TPSA) is 128 Å². The maximum atomic E-state index is 12.8. The van der Waals surface area contributed by atoms with Gasteiger partial charge in [0, 0.05) is 23.7 Å². The number of ether oxygens (including phenoxy) is 3. The molecule has 0 fully saturated rings. The van der Waals surface area contributed by atoms with Gasteiger partial charge in [0.05, 0.1) is 31.2 Å². The van der Waals surface area contributed by atoms with E-state index in [1.807, 2.05) is 0 Å². The average Bonchev–Trinajstić information content (AvgIpc) is 2.72. The summed E-state index contributed by atoms with van der Waals surface area (Å²) in [4.78, 5) is 55.2. The lowest BCUT2D eigenvalue weighted by Gasteiger charge is -2.24. The molecule has 1 atom stereocenters. The second-order valence-corrected chi connectivity index (χ2v) is 6.73. The first-order chi connectivity index (χ1) is 14.4. The third-order valence-corrected chi connectivity index (χ3v) is 4.97. The lowest BCUT2D eigenvalue weighted by atomic mass is 9.86. The van der Waals surface area contributed by atoms with Gasteiger partial charge in [0.15, 0.2) is 5.75 Å². The zero-order chi connectivity index (χ0) is 21.4. The van der Waals surface area contributed by atoms with Crippen LogP contribution < -0.4 is 20.6 Å². The van der Waals surface area contributed by atoms with Crippen LogP contribution in [-0.2, 0) is 9.53 Å². The molecule has 0 saturated carbocycles. The molecule has 2 N–H and O–H groups in total. The molecular formula is C21H18N2O7. The number of hydrogen-bond donors (Lipinski definition) is 2. The normalized spacial score (nSPS) is 15.4. The SMILES string of the molecule is CCOC(=O)c1c[nH]c(=O)c2c1OC(=O)CC2c1cc2ccc(OC)cc2[nH]c1=O. The van der Waals surface area contributed by atoms with Gasteiger partial charge < -0.3 is 24.2 Å². The Morgan fingerprint density at radius 3 is 2.73 bits per heavy atom. The van der Waals surface area contributed by atoms with Crippen LogP contribution in [0.15, 0.2) is 40.1 Å². The van der Waals surface area contributed by atoms with Crippen LogP contribution in [-0.4, -0.2) is 35.6 Å². The van der Waals surface area contributed by atoms with Crippen molar-refractivity contribution in [2.24, 2.45) is 0 Å². The van der Waals surface area contributed by atoms with Crippen molar-refractivity contribution in [2.45, 2.75) is 19.3 Å². The number of aromatic nitrogens is 2. The standard InChI is InChI=1S/C21H18N2O7/c1-3-29-21(27)14-9-22-20(26)17-12(8-16(24)30-18(14)17)13-6-10-4-5-11(28-2)7-15(10)23-19(13)25/h4-7,9,12H,3,8H2,1-2H3,(H,22,26)(H,23,25). The van der Waals surface area contributed by atoms with Crippen molar-refractivity contribution < 1.29 is 23.8 Å². The monoisotopic (exact) mass is 410 g/mol. The number of pyridine rings is 2. The average molecular weight is 410 g/mol. The first kappa shape index (κ1) is 19.4. The van der Waals surface area contributed by atoms with Crippen LogP contribution in [0.2, 0.25) is 0 Å². The van der Waals surface area contributed by atoms with Gasteiger partial charge in [-0.25, -0.2) is 4.79 Å². The van der Waals surface area contributed by atoms with Gasteiger partial charge in [-0.2, -0.15) is 0 Å². The summed E-state index contributed by atoms with van der Waals surface area (Å²) in [6.45, 7) is 1.74. The van der Waals surface area contributed by atoms with Crippen molar-refractivity contribution in [1.29, 1.82) is 0 Å². The Kier molecular flexibility index (Phi) is 4.86. The predicted molar refractivity (Wildman–Crippen MR) is 106 cm³/mol. The predicted octanol–water partition coefficient (Wildman–Crippen LogP) is 1.84. The third kappa shape index (κ3) is 3.24. The van der Waals surface area contributed by atoms with Gasteiger partial charge >= 0.3 is 11.9 Å². The maximum Gasteiger partial charge on any atom is 0.343 e. The number of carbonyl (C=O) groups excluding carboxylic acids is 2. The lowest BCUT2D eigenvalue weighted by Crippen LogP contribution is -2.32. The zero-order valence-electron chi connectivity index (χ0n) is 16.2. The van der Waals surface area contributed by atoms with Gasteiger partial charge in [-0.3, -0.25) is 14.4 Å². The van der Waals surface area contributed by atoms with Gasteiger partial charge in [0.2, 0.25) is 0 Å². The summed E-state index contributed by atoms with van der Waals surface area (Å²) in [6, 6.07) is 6.79. The molecule has 0 bridgehead atoms. The van der Waals surface area contributed by atoms with Crippen molar-refractivity contribution in [3.05, 3.63) is 67.9 Å². The number of aromatic amines is 2. The molecular weight excluding hydrogens is 392 g/mol. The fraction of sp³-hybridized carbons (Fsp3) is 0.238. The van der Waals surface area contributed by atoms with Gasteiger partial charge in [-0.05, 0) is 30.5 Å². The van der Waals surface area contributed by atoms with Crippen LogP contribution in [0.1, 0.15) is 40.7 Å². The van der Waals surface area contributed by atoms with E-state index in [9.17, 15) is 19.2 Å². The van der Waals surface area contributed by atoms with Gasteiger partial charge in [0.1, 0.15) is 11.3 Å². The zero-order valence-corrected chi connectivity index (χ0v) is 16.2. The van der Waals surface area contributed by atoms with Gasteiger partial charge in [-0.1, -0.05) is 0 Å². The quantitative estimate of drug-likeness (QED) is 0.628. The van der Waals surface area contributed by atoms with Crippen LogP contribution in [0.5, 0.6) is 11.5 Å². The largest absolute Gasteiger partial charge is 0.497 e. The minimum atomic E-state index is -0.880. The van der Waals surface area contributed by atoms with Crippen LogP contribution in [0.25, 0.3) is 10.9 Å². The first-order valence-corrected chi connectivity index (χ1v) is 9.27. The van der Waals surface area contributed by atoms with Gasteiger partial charge in [0.25, 0.3) is 11.1 Å². The van der Waals surface area contributed by atoms with E-state index < -0.39 is 29.0 Å². The molecule has 9 heteroatoms. The number of H-pyrrole nitrogens is 2. The fourth-order valence-corrected chi connectivity index (χ4v) is 3.59. The number of esters is 2. The molecule has 1 aliphatic heterocycles. The molecule has 0 amide bonds. The molecule has 3 heterocycles. The van der Waals surface area contributed by atoms with Crippen LogP contribution in [0, 0.1) is 0 Å². The highest BCUT2D eigenvalue weighted by atomic mass is 16.5. The molecule has 1 aliphatic rings. The summed E-state index contributed by atoms with van der Waals surface area (Å²) in [5, 5.41) is 0.698. The first-order valence-electron chi connectivity index (χ1n) is 9.27. The molecule has 0 saturated heterocycles. The third-order valence-electron chi connectivity index (χ3n) is 4.97. The van der Waals surface area contributed by atoms with Crippen molar-refractivity contribution >= 4 is 22.8 Å². The molecule has 154 valence electrons. The number of benzene rings is 1. The van der Waals surface area contributed by atoms with E-state index in [0.717, 1.165) is 6.20 Å². The number of rotatable bonds is 4. The lowest BCUT2D eigenvalue weighted by molar-refractivity contribution is -0.135. The molecule has 2 aromatic heterocycles. The Morgan fingerprint density at radius 2 is 2.00 bits per heavy atom. The Hall–Kier alpha value is -3.88. The molecule has 0 spiro atoms. The van der Waals surface area contributed by atoms with E-state index >= 15 is 0 Å². The minimum Gasteiger partial charge on any atom is -0.497 e.